The third kappa shape index (κ3) is 2.36. The molecular weight excluding hydrogens is 243 g/mol. The Labute approximate surface area is 111 Å². The lowest BCUT2D eigenvalue weighted by Gasteiger charge is -2.12. The highest BCUT2D eigenvalue weighted by Crippen LogP contribution is 2.31. The Balaban J connectivity index is 2.67. The van der Waals surface area contributed by atoms with E-state index in [1.165, 1.54) is 13.2 Å². The normalized spacial score (nSPS) is 10.3. The molecule has 0 saturated heterocycles. The SMILES string of the molecule is COc1cc(-c2cccc(C)c2C)cc(F)c1C=O. The summed E-state index contributed by atoms with van der Waals surface area (Å²) in [6.07, 6.45) is 0.473. The lowest BCUT2D eigenvalue weighted by atomic mass is 9.96. The van der Waals surface area contributed by atoms with Crippen LogP contribution in [0, 0.1) is 19.7 Å². The van der Waals surface area contributed by atoms with Gasteiger partial charge in [-0.05, 0) is 48.2 Å². The van der Waals surface area contributed by atoms with Gasteiger partial charge in [-0.2, -0.15) is 0 Å². The minimum Gasteiger partial charge on any atom is -0.496 e. The smallest absolute Gasteiger partial charge is 0.156 e. The number of hydrogen-bond donors (Lipinski definition) is 0. The highest BCUT2D eigenvalue weighted by atomic mass is 19.1. The first kappa shape index (κ1) is 13.3. The quantitative estimate of drug-likeness (QED) is 0.780. The largest absolute Gasteiger partial charge is 0.496 e. The van der Waals surface area contributed by atoms with Crippen molar-refractivity contribution in [2.24, 2.45) is 0 Å². The fraction of sp³-hybridized carbons (Fsp3) is 0.188. The van der Waals surface area contributed by atoms with Crippen molar-refractivity contribution in [1.82, 2.24) is 0 Å². The van der Waals surface area contributed by atoms with Crippen molar-refractivity contribution in [2.75, 3.05) is 7.11 Å². The second kappa shape index (κ2) is 5.22. The van der Waals surface area contributed by atoms with Gasteiger partial charge in [0.05, 0.1) is 12.7 Å². The zero-order chi connectivity index (χ0) is 14.0. The van der Waals surface area contributed by atoms with Crippen LogP contribution in [0.3, 0.4) is 0 Å². The standard InChI is InChI=1S/C16H15FO2/c1-10-5-4-6-13(11(10)2)12-7-15(17)14(9-18)16(8-12)19-3/h4-9H,1-3H3. The van der Waals surface area contributed by atoms with Gasteiger partial charge in [0.2, 0.25) is 0 Å². The van der Waals surface area contributed by atoms with Gasteiger partial charge >= 0.3 is 0 Å². The van der Waals surface area contributed by atoms with E-state index in [4.69, 9.17) is 4.74 Å². The van der Waals surface area contributed by atoms with E-state index in [-0.39, 0.29) is 11.3 Å². The van der Waals surface area contributed by atoms with Crippen LogP contribution in [0.15, 0.2) is 30.3 Å². The summed E-state index contributed by atoms with van der Waals surface area (Å²) in [5.41, 5.74) is 3.83. The van der Waals surface area contributed by atoms with Gasteiger partial charge < -0.3 is 4.74 Å². The number of ether oxygens (including phenoxy) is 1. The molecule has 0 aromatic heterocycles. The fourth-order valence-corrected chi connectivity index (χ4v) is 2.10. The van der Waals surface area contributed by atoms with E-state index >= 15 is 0 Å². The second-order valence-electron chi connectivity index (χ2n) is 4.44. The van der Waals surface area contributed by atoms with Gasteiger partial charge in [-0.15, -0.1) is 0 Å². The van der Waals surface area contributed by atoms with Crippen LogP contribution in [0.4, 0.5) is 4.39 Å². The third-order valence-corrected chi connectivity index (χ3v) is 3.34. The molecule has 0 fully saturated rings. The molecule has 0 radical (unpaired) electrons. The van der Waals surface area contributed by atoms with Gasteiger partial charge in [0, 0.05) is 0 Å². The van der Waals surface area contributed by atoms with Crippen molar-refractivity contribution < 1.29 is 13.9 Å². The van der Waals surface area contributed by atoms with E-state index in [2.05, 4.69) is 0 Å². The molecule has 2 aromatic rings. The topological polar surface area (TPSA) is 26.3 Å². The van der Waals surface area contributed by atoms with Crippen molar-refractivity contribution in [3.05, 3.63) is 52.8 Å². The molecule has 2 rings (SSSR count). The first-order valence-corrected chi connectivity index (χ1v) is 5.97. The first-order chi connectivity index (χ1) is 9.08. The molecule has 19 heavy (non-hydrogen) atoms. The predicted octanol–water partition coefficient (Wildman–Crippen LogP) is 3.93. The van der Waals surface area contributed by atoms with Crippen LogP contribution < -0.4 is 4.74 Å². The molecule has 0 aliphatic heterocycles. The highest BCUT2D eigenvalue weighted by Gasteiger charge is 2.13. The van der Waals surface area contributed by atoms with E-state index in [0.717, 1.165) is 16.7 Å². The number of carbonyl (C=O) groups is 1. The van der Waals surface area contributed by atoms with Crippen molar-refractivity contribution in [3.8, 4) is 16.9 Å². The van der Waals surface area contributed by atoms with Gasteiger partial charge in [-0.3, -0.25) is 4.79 Å². The molecule has 2 nitrogen and oxygen atoms in total. The zero-order valence-electron chi connectivity index (χ0n) is 11.2. The average Bonchev–Trinajstić information content (AvgIpc) is 2.40. The number of hydrogen-bond acceptors (Lipinski definition) is 2. The molecule has 0 N–H and O–H groups in total. The molecule has 0 aliphatic rings. The Hall–Kier alpha value is -2.16. The molecule has 0 atom stereocenters. The molecule has 0 amide bonds. The molecule has 0 bridgehead atoms. The van der Waals surface area contributed by atoms with Gasteiger partial charge in [-0.1, -0.05) is 18.2 Å². The minimum atomic E-state index is -0.565. The van der Waals surface area contributed by atoms with Crippen LogP contribution in [-0.4, -0.2) is 13.4 Å². The minimum absolute atomic E-state index is 0.0449. The van der Waals surface area contributed by atoms with Gasteiger partial charge in [0.25, 0.3) is 0 Å². The van der Waals surface area contributed by atoms with E-state index in [1.54, 1.807) is 6.07 Å². The lowest BCUT2D eigenvalue weighted by molar-refractivity contribution is 0.111. The number of aryl methyl sites for hydroxylation is 1. The lowest BCUT2D eigenvalue weighted by Crippen LogP contribution is -1.97. The molecule has 3 heteroatoms. The number of halogens is 1. The molecule has 2 aromatic carbocycles. The van der Waals surface area contributed by atoms with E-state index in [1.807, 2.05) is 32.0 Å². The van der Waals surface area contributed by atoms with Crippen molar-refractivity contribution in [2.45, 2.75) is 13.8 Å². The van der Waals surface area contributed by atoms with Crippen LogP contribution in [0.25, 0.3) is 11.1 Å². The van der Waals surface area contributed by atoms with Crippen molar-refractivity contribution in [1.29, 1.82) is 0 Å². The Bertz CT molecular complexity index is 633. The summed E-state index contributed by atoms with van der Waals surface area (Å²) < 4.78 is 19.0. The second-order valence-corrected chi connectivity index (χ2v) is 4.44. The molecule has 0 spiro atoms. The van der Waals surface area contributed by atoms with Crippen LogP contribution in [0.1, 0.15) is 21.5 Å². The Morgan fingerprint density at radius 3 is 2.58 bits per heavy atom. The third-order valence-electron chi connectivity index (χ3n) is 3.34. The molecule has 0 saturated carbocycles. The number of methoxy groups -OCH3 is 1. The maximum atomic E-state index is 13.9. The Morgan fingerprint density at radius 2 is 1.95 bits per heavy atom. The fourth-order valence-electron chi connectivity index (χ4n) is 2.10. The van der Waals surface area contributed by atoms with Gasteiger partial charge in [0.1, 0.15) is 11.6 Å². The van der Waals surface area contributed by atoms with Crippen LogP contribution >= 0.6 is 0 Å². The molecule has 0 aliphatic carbocycles. The van der Waals surface area contributed by atoms with Crippen LogP contribution in [-0.2, 0) is 0 Å². The number of benzene rings is 2. The predicted molar refractivity (Wildman–Crippen MR) is 73.2 cm³/mol. The molecule has 98 valence electrons. The highest BCUT2D eigenvalue weighted by molar-refractivity contribution is 5.83. The summed E-state index contributed by atoms with van der Waals surface area (Å²) >= 11 is 0. The molecule has 0 heterocycles. The first-order valence-electron chi connectivity index (χ1n) is 5.97. The van der Waals surface area contributed by atoms with Crippen molar-refractivity contribution >= 4 is 6.29 Å². The van der Waals surface area contributed by atoms with Crippen LogP contribution in [0.2, 0.25) is 0 Å². The summed E-state index contributed by atoms with van der Waals surface area (Å²) in [7, 11) is 1.43. The van der Waals surface area contributed by atoms with Crippen molar-refractivity contribution in [3.63, 3.8) is 0 Å². The van der Waals surface area contributed by atoms with Gasteiger partial charge in [-0.25, -0.2) is 4.39 Å². The summed E-state index contributed by atoms with van der Waals surface area (Å²) in [4.78, 5) is 10.9. The van der Waals surface area contributed by atoms with E-state index in [0.29, 0.717) is 11.8 Å². The number of carbonyl (C=O) groups excluding carboxylic acids is 1. The van der Waals surface area contributed by atoms with Gasteiger partial charge in [0.15, 0.2) is 6.29 Å². The average molecular weight is 258 g/mol. The number of aldehydes is 1. The summed E-state index contributed by atoms with van der Waals surface area (Å²) in [5.74, 6) is -0.309. The molecular formula is C16H15FO2. The summed E-state index contributed by atoms with van der Waals surface area (Å²) in [6, 6.07) is 8.92. The monoisotopic (exact) mass is 258 g/mol. The Morgan fingerprint density at radius 1 is 1.21 bits per heavy atom. The maximum absolute atomic E-state index is 13.9. The summed E-state index contributed by atoms with van der Waals surface area (Å²) in [6.45, 7) is 3.99. The molecule has 0 unspecified atom stereocenters. The van der Waals surface area contributed by atoms with E-state index in [9.17, 15) is 9.18 Å². The summed E-state index contributed by atoms with van der Waals surface area (Å²) in [5, 5.41) is 0. The number of rotatable bonds is 3. The van der Waals surface area contributed by atoms with Crippen LogP contribution in [0.5, 0.6) is 5.75 Å². The Kier molecular flexibility index (Phi) is 3.65. The zero-order valence-corrected chi connectivity index (χ0v) is 11.2. The van der Waals surface area contributed by atoms with E-state index < -0.39 is 5.82 Å². The maximum Gasteiger partial charge on any atom is 0.156 e.